The number of nitro benzene ring substituents is 1. The molecule has 2 aromatic heterocycles. The van der Waals surface area contributed by atoms with Crippen LogP contribution in [0.3, 0.4) is 0 Å². The summed E-state index contributed by atoms with van der Waals surface area (Å²) in [7, 11) is 0. The SMILES string of the molecule is N#Cc1c(-c2ccncc2)cc(-c2cccc([N+](=O)[O-])c2)nc1N. The maximum absolute atomic E-state index is 11.0. The number of nitriles is 1. The molecule has 3 rings (SSSR count). The van der Waals surface area contributed by atoms with Crippen molar-refractivity contribution in [1.82, 2.24) is 9.97 Å². The second-order valence-electron chi connectivity index (χ2n) is 4.97. The van der Waals surface area contributed by atoms with Crippen LogP contribution in [0.2, 0.25) is 0 Å². The van der Waals surface area contributed by atoms with E-state index in [1.807, 2.05) is 0 Å². The number of anilines is 1. The van der Waals surface area contributed by atoms with Gasteiger partial charge in [0.15, 0.2) is 0 Å². The van der Waals surface area contributed by atoms with Crippen molar-refractivity contribution in [3.63, 3.8) is 0 Å². The third-order valence-corrected chi connectivity index (χ3v) is 3.50. The molecule has 0 aliphatic rings. The molecule has 24 heavy (non-hydrogen) atoms. The summed E-state index contributed by atoms with van der Waals surface area (Å²) < 4.78 is 0. The van der Waals surface area contributed by atoms with Gasteiger partial charge in [-0.2, -0.15) is 5.26 Å². The van der Waals surface area contributed by atoms with Gasteiger partial charge < -0.3 is 5.73 Å². The summed E-state index contributed by atoms with van der Waals surface area (Å²) in [6.45, 7) is 0. The van der Waals surface area contributed by atoms with Gasteiger partial charge in [0.1, 0.15) is 17.5 Å². The predicted molar refractivity (Wildman–Crippen MR) is 88.7 cm³/mol. The molecule has 7 heteroatoms. The van der Waals surface area contributed by atoms with Crippen LogP contribution in [0.5, 0.6) is 0 Å². The van der Waals surface area contributed by atoms with Crippen LogP contribution < -0.4 is 5.73 Å². The maximum atomic E-state index is 11.0. The van der Waals surface area contributed by atoms with Crippen molar-refractivity contribution in [3.05, 3.63) is 70.5 Å². The van der Waals surface area contributed by atoms with E-state index < -0.39 is 4.92 Å². The minimum absolute atomic E-state index is 0.0392. The zero-order chi connectivity index (χ0) is 17.1. The molecule has 0 amide bonds. The van der Waals surface area contributed by atoms with Crippen LogP contribution in [0, 0.1) is 21.4 Å². The van der Waals surface area contributed by atoms with Gasteiger partial charge in [0.05, 0.1) is 10.6 Å². The van der Waals surface area contributed by atoms with Gasteiger partial charge in [0.2, 0.25) is 0 Å². The monoisotopic (exact) mass is 317 g/mol. The van der Waals surface area contributed by atoms with Gasteiger partial charge in [0.25, 0.3) is 5.69 Å². The standard InChI is InChI=1S/C17H11N5O2/c18-10-15-14(11-4-6-20-7-5-11)9-16(21-17(15)19)12-2-1-3-13(8-12)22(23)24/h1-9H,(H2,19,21). The highest BCUT2D eigenvalue weighted by atomic mass is 16.6. The van der Waals surface area contributed by atoms with E-state index in [0.717, 1.165) is 5.56 Å². The number of pyridine rings is 2. The lowest BCUT2D eigenvalue weighted by Gasteiger charge is -2.10. The number of aromatic nitrogens is 2. The van der Waals surface area contributed by atoms with Crippen molar-refractivity contribution in [2.75, 3.05) is 5.73 Å². The number of nitro groups is 1. The van der Waals surface area contributed by atoms with Crippen molar-refractivity contribution in [2.24, 2.45) is 0 Å². The average molecular weight is 317 g/mol. The summed E-state index contributed by atoms with van der Waals surface area (Å²) in [6, 6.07) is 13.4. The van der Waals surface area contributed by atoms with E-state index in [2.05, 4.69) is 16.0 Å². The highest BCUT2D eigenvalue weighted by Gasteiger charge is 2.15. The zero-order valence-electron chi connectivity index (χ0n) is 12.4. The molecule has 0 atom stereocenters. The van der Waals surface area contributed by atoms with Crippen molar-refractivity contribution >= 4 is 11.5 Å². The Bertz CT molecular complexity index is 964. The van der Waals surface area contributed by atoms with E-state index in [4.69, 9.17) is 5.73 Å². The number of rotatable bonds is 3. The van der Waals surface area contributed by atoms with E-state index in [9.17, 15) is 15.4 Å². The second kappa shape index (κ2) is 6.14. The van der Waals surface area contributed by atoms with Crippen LogP contribution in [0.1, 0.15) is 5.56 Å². The molecule has 0 aliphatic carbocycles. The van der Waals surface area contributed by atoms with Crippen LogP contribution in [-0.4, -0.2) is 14.9 Å². The summed E-state index contributed by atoms with van der Waals surface area (Å²) >= 11 is 0. The summed E-state index contributed by atoms with van der Waals surface area (Å²) in [6.07, 6.45) is 3.22. The zero-order valence-corrected chi connectivity index (χ0v) is 12.4. The van der Waals surface area contributed by atoms with Crippen LogP contribution >= 0.6 is 0 Å². The number of non-ortho nitro benzene ring substituents is 1. The Labute approximate surface area is 137 Å². The lowest BCUT2D eigenvalue weighted by atomic mass is 9.99. The lowest BCUT2D eigenvalue weighted by molar-refractivity contribution is -0.384. The quantitative estimate of drug-likeness (QED) is 0.585. The minimum Gasteiger partial charge on any atom is -0.383 e. The van der Waals surface area contributed by atoms with Gasteiger partial charge in [-0.3, -0.25) is 15.1 Å². The summed E-state index contributed by atoms with van der Waals surface area (Å²) in [4.78, 5) is 18.7. The summed E-state index contributed by atoms with van der Waals surface area (Å²) in [5, 5.41) is 20.3. The first-order valence-electron chi connectivity index (χ1n) is 6.96. The first kappa shape index (κ1) is 15.1. The number of hydrogen-bond donors (Lipinski definition) is 1. The maximum Gasteiger partial charge on any atom is 0.270 e. The highest BCUT2D eigenvalue weighted by molar-refractivity contribution is 5.80. The highest BCUT2D eigenvalue weighted by Crippen LogP contribution is 2.31. The summed E-state index contributed by atoms with van der Waals surface area (Å²) in [5.74, 6) is 0.0771. The normalized spacial score (nSPS) is 10.1. The predicted octanol–water partition coefficient (Wildman–Crippen LogP) is 3.17. The molecule has 0 spiro atoms. The molecule has 2 N–H and O–H groups in total. The van der Waals surface area contributed by atoms with Crippen molar-refractivity contribution in [2.45, 2.75) is 0 Å². The molecule has 2 heterocycles. The van der Waals surface area contributed by atoms with Crippen LogP contribution in [0.25, 0.3) is 22.4 Å². The van der Waals surface area contributed by atoms with E-state index in [0.29, 0.717) is 16.8 Å². The third-order valence-electron chi connectivity index (χ3n) is 3.50. The largest absolute Gasteiger partial charge is 0.383 e. The Morgan fingerprint density at radius 1 is 1.12 bits per heavy atom. The molecule has 0 radical (unpaired) electrons. The first-order chi connectivity index (χ1) is 11.6. The molecule has 116 valence electrons. The van der Waals surface area contributed by atoms with Gasteiger partial charge in [-0.15, -0.1) is 0 Å². The fourth-order valence-electron chi connectivity index (χ4n) is 2.37. The fourth-order valence-corrected chi connectivity index (χ4v) is 2.37. The minimum atomic E-state index is -0.472. The van der Waals surface area contributed by atoms with E-state index >= 15 is 0 Å². The lowest BCUT2D eigenvalue weighted by Crippen LogP contribution is -2.00. The van der Waals surface area contributed by atoms with Crippen molar-refractivity contribution in [1.29, 1.82) is 5.26 Å². The molecule has 7 nitrogen and oxygen atoms in total. The number of hydrogen-bond acceptors (Lipinski definition) is 6. The Hall–Kier alpha value is -3.79. The van der Waals surface area contributed by atoms with Gasteiger partial charge in [-0.1, -0.05) is 12.1 Å². The van der Waals surface area contributed by atoms with E-state index in [-0.39, 0.29) is 17.1 Å². The van der Waals surface area contributed by atoms with Crippen molar-refractivity contribution in [3.8, 4) is 28.5 Å². The van der Waals surface area contributed by atoms with E-state index in [1.54, 1.807) is 42.7 Å². The van der Waals surface area contributed by atoms with Gasteiger partial charge in [0, 0.05) is 35.7 Å². The number of nitrogens with zero attached hydrogens (tertiary/aromatic N) is 4. The average Bonchev–Trinajstić information content (AvgIpc) is 2.62. The van der Waals surface area contributed by atoms with Crippen molar-refractivity contribution < 1.29 is 4.92 Å². The summed E-state index contributed by atoms with van der Waals surface area (Å²) in [5.41, 5.74) is 8.53. The van der Waals surface area contributed by atoms with Gasteiger partial charge >= 0.3 is 0 Å². The Kier molecular flexibility index (Phi) is 3.87. The van der Waals surface area contributed by atoms with Crippen LogP contribution in [-0.2, 0) is 0 Å². The number of benzene rings is 1. The molecule has 0 bridgehead atoms. The smallest absolute Gasteiger partial charge is 0.270 e. The molecule has 0 saturated heterocycles. The number of nitrogen functional groups attached to an aromatic ring is 1. The Morgan fingerprint density at radius 2 is 1.88 bits per heavy atom. The molecule has 0 aliphatic heterocycles. The van der Waals surface area contributed by atoms with Gasteiger partial charge in [-0.05, 0) is 23.8 Å². The molecule has 0 fully saturated rings. The van der Waals surface area contributed by atoms with Crippen LogP contribution in [0.15, 0.2) is 54.9 Å². The molecular weight excluding hydrogens is 306 g/mol. The topological polar surface area (TPSA) is 119 Å². The first-order valence-corrected chi connectivity index (χ1v) is 6.96. The van der Waals surface area contributed by atoms with Crippen LogP contribution in [0.4, 0.5) is 11.5 Å². The second-order valence-corrected chi connectivity index (χ2v) is 4.97. The molecule has 0 saturated carbocycles. The Morgan fingerprint density at radius 3 is 2.54 bits per heavy atom. The van der Waals surface area contributed by atoms with Gasteiger partial charge in [-0.25, -0.2) is 4.98 Å². The number of nitrogens with two attached hydrogens (primary N) is 1. The molecule has 1 aromatic carbocycles. The molecular formula is C17H11N5O2. The molecule has 3 aromatic rings. The fraction of sp³-hybridized carbons (Fsp3) is 0. The third kappa shape index (κ3) is 2.76. The molecule has 0 unspecified atom stereocenters. The Balaban J connectivity index is 2.21. The van der Waals surface area contributed by atoms with E-state index in [1.165, 1.54) is 12.1 Å².